The maximum Gasteiger partial charge on any atom is 0.488 e. The summed E-state index contributed by atoms with van der Waals surface area (Å²) in [6, 6.07) is 7.54. The van der Waals surface area contributed by atoms with Gasteiger partial charge in [0.2, 0.25) is 0 Å². The molecule has 0 amide bonds. The highest BCUT2D eigenvalue weighted by Gasteiger charge is 2.21. The zero-order chi connectivity index (χ0) is 14.8. The molecule has 6 heteroatoms. The molecule has 2 heterocycles. The highest BCUT2D eigenvalue weighted by atomic mass is 32.1. The minimum atomic E-state index is -1.45. The first-order valence-corrected chi connectivity index (χ1v) is 7.86. The summed E-state index contributed by atoms with van der Waals surface area (Å²) in [5.74, 6) is 0.739. The Morgan fingerprint density at radius 2 is 2.19 bits per heavy atom. The summed E-state index contributed by atoms with van der Waals surface area (Å²) in [7, 11) is 0.166. The second-order valence-electron chi connectivity index (χ2n) is 5.27. The average molecular weight is 303 g/mol. The molecule has 0 spiro atoms. The van der Waals surface area contributed by atoms with Crippen molar-refractivity contribution < 1.29 is 14.8 Å². The van der Waals surface area contributed by atoms with Crippen molar-refractivity contribution in [1.29, 1.82) is 0 Å². The van der Waals surface area contributed by atoms with Crippen molar-refractivity contribution in [3.8, 4) is 5.75 Å². The molecule has 0 bridgehead atoms. The van der Waals surface area contributed by atoms with Gasteiger partial charge >= 0.3 is 7.12 Å². The fourth-order valence-corrected chi connectivity index (χ4v) is 3.67. The third-order valence-electron chi connectivity index (χ3n) is 3.91. The molecular formula is C15H18BNO3S. The van der Waals surface area contributed by atoms with Crippen LogP contribution in [-0.4, -0.2) is 35.7 Å². The first kappa shape index (κ1) is 14.6. The lowest BCUT2D eigenvalue weighted by Crippen LogP contribution is -2.37. The van der Waals surface area contributed by atoms with E-state index in [0.29, 0.717) is 12.0 Å². The largest absolute Gasteiger partial charge is 0.497 e. The molecule has 1 aromatic heterocycles. The second kappa shape index (κ2) is 6.19. The van der Waals surface area contributed by atoms with Crippen LogP contribution in [0.4, 0.5) is 0 Å². The number of benzene rings is 1. The summed E-state index contributed by atoms with van der Waals surface area (Å²) < 4.78 is 5.24. The summed E-state index contributed by atoms with van der Waals surface area (Å²) in [6.07, 6.45) is 1.06. The Morgan fingerprint density at radius 3 is 2.95 bits per heavy atom. The summed E-state index contributed by atoms with van der Waals surface area (Å²) >= 11 is 1.82. The van der Waals surface area contributed by atoms with E-state index in [-0.39, 0.29) is 0 Å². The minimum absolute atomic E-state index is 0.548. The van der Waals surface area contributed by atoms with Gasteiger partial charge in [-0.25, -0.2) is 0 Å². The fourth-order valence-electron chi connectivity index (χ4n) is 2.78. The van der Waals surface area contributed by atoms with Crippen molar-refractivity contribution in [1.82, 2.24) is 4.90 Å². The van der Waals surface area contributed by atoms with Crippen LogP contribution >= 0.6 is 11.3 Å². The lowest BCUT2D eigenvalue weighted by atomic mass is 9.76. The van der Waals surface area contributed by atoms with E-state index in [4.69, 9.17) is 4.74 Å². The zero-order valence-electron chi connectivity index (χ0n) is 12.0. The lowest BCUT2D eigenvalue weighted by Gasteiger charge is -2.27. The Morgan fingerprint density at radius 1 is 1.33 bits per heavy atom. The smallest absolute Gasteiger partial charge is 0.488 e. The Kier molecular flexibility index (Phi) is 4.31. The van der Waals surface area contributed by atoms with Crippen molar-refractivity contribution in [2.75, 3.05) is 13.7 Å². The van der Waals surface area contributed by atoms with Crippen LogP contribution < -0.4 is 10.2 Å². The van der Waals surface area contributed by atoms with Gasteiger partial charge in [0.15, 0.2) is 0 Å². The average Bonchev–Trinajstić information content (AvgIpc) is 2.94. The van der Waals surface area contributed by atoms with Crippen molar-refractivity contribution in [2.24, 2.45) is 0 Å². The summed E-state index contributed by atoms with van der Waals surface area (Å²) in [5.41, 5.74) is 2.84. The second-order valence-corrected chi connectivity index (χ2v) is 6.27. The Labute approximate surface area is 128 Å². The molecule has 0 atom stereocenters. The predicted octanol–water partition coefficient (Wildman–Crippen LogP) is 0.995. The molecule has 2 N–H and O–H groups in total. The van der Waals surface area contributed by atoms with Crippen LogP contribution in [0.3, 0.4) is 0 Å². The van der Waals surface area contributed by atoms with Gasteiger partial charge in [0.25, 0.3) is 0 Å². The standard InChI is InChI=1S/C15H18BNO3S/c1-20-13-2-3-14(16(18)19)12(8-13)10-17-6-4-15-11(9-17)5-7-21-15/h2-3,5,7-8,18-19H,4,6,9-10H2,1H3. The molecule has 1 aliphatic heterocycles. The Hall–Kier alpha value is -1.34. The molecule has 0 fully saturated rings. The van der Waals surface area contributed by atoms with Crippen molar-refractivity contribution in [3.05, 3.63) is 45.6 Å². The molecule has 0 aliphatic carbocycles. The predicted molar refractivity (Wildman–Crippen MR) is 85.0 cm³/mol. The third-order valence-corrected chi connectivity index (χ3v) is 4.93. The lowest BCUT2D eigenvalue weighted by molar-refractivity contribution is 0.247. The minimum Gasteiger partial charge on any atom is -0.497 e. The van der Waals surface area contributed by atoms with Crippen LogP contribution in [-0.2, 0) is 19.5 Å². The van der Waals surface area contributed by atoms with Crippen molar-refractivity contribution >= 4 is 23.9 Å². The summed E-state index contributed by atoms with van der Waals surface area (Å²) in [4.78, 5) is 3.80. The number of methoxy groups -OCH3 is 1. The van der Waals surface area contributed by atoms with Gasteiger partial charge in [0.1, 0.15) is 5.75 Å². The molecule has 0 saturated carbocycles. The molecule has 21 heavy (non-hydrogen) atoms. The highest BCUT2D eigenvalue weighted by molar-refractivity contribution is 7.10. The normalized spacial score (nSPS) is 14.8. The van der Waals surface area contributed by atoms with Gasteiger partial charge < -0.3 is 14.8 Å². The van der Waals surface area contributed by atoms with Crippen molar-refractivity contribution in [2.45, 2.75) is 19.5 Å². The molecule has 110 valence electrons. The van der Waals surface area contributed by atoms with Crippen LogP contribution in [0.5, 0.6) is 5.75 Å². The topological polar surface area (TPSA) is 52.9 Å². The number of nitrogens with zero attached hydrogens (tertiary/aromatic N) is 1. The first-order chi connectivity index (χ1) is 10.2. The van der Waals surface area contributed by atoms with E-state index in [0.717, 1.165) is 30.8 Å². The maximum absolute atomic E-state index is 9.52. The van der Waals surface area contributed by atoms with Crippen LogP contribution in [0.1, 0.15) is 16.0 Å². The van der Waals surface area contributed by atoms with Gasteiger partial charge in [-0.15, -0.1) is 11.3 Å². The highest BCUT2D eigenvalue weighted by Crippen LogP contribution is 2.25. The number of ether oxygens (including phenoxy) is 1. The Balaban J connectivity index is 1.81. The van der Waals surface area contributed by atoms with Crippen LogP contribution in [0.25, 0.3) is 0 Å². The number of hydrogen-bond donors (Lipinski definition) is 2. The van der Waals surface area contributed by atoms with Crippen LogP contribution in [0, 0.1) is 0 Å². The molecule has 3 rings (SSSR count). The van der Waals surface area contributed by atoms with Gasteiger partial charge in [-0.3, -0.25) is 4.90 Å². The molecule has 4 nitrogen and oxygen atoms in total. The molecule has 0 radical (unpaired) electrons. The van der Waals surface area contributed by atoms with E-state index < -0.39 is 7.12 Å². The summed E-state index contributed by atoms with van der Waals surface area (Å²) in [6.45, 7) is 2.60. The Bertz CT molecular complexity index is 629. The number of fused-ring (bicyclic) bond motifs is 1. The molecule has 1 aromatic carbocycles. The zero-order valence-corrected chi connectivity index (χ0v) is 12.8. The van der Waals surface area contributed by atoms with Gasteiger partial charge in [-0.05, 0) is 46.6 Å². The fraction of sp³-hybridized carbons (Fsp3) is 0.333. The quantitative estimate of drug-likeness (QED) is 0.827. The van der Waals surface area contributed by atoms with Gasteiger partial charge in [0, 0.05) is 24.5 Å². The number of hydrogen-bond acceptors (Lipinski definition) is 5. The van der Waals surface area contributed by atoms with E-state index in [1.807, 2.05) is 17.4 Å². The molecular weight excluding hydrogens is 285 g/mol. The summed E-state index contributed by atoms with van der Waals surface area (Å²) in [5, 5.41) is 21.2. The van der Waals surface area contributed by atoms with Gasteiger partial charge in [-0.2, -0.15) is 0 Å². The molecule has 2 aromatic rings. The third kappa shape index (κ3) is 3.13. The molecule has 0 saturated heterocycles. The number of thiophene rings is 1. The van der Waals surface area contributed by atoms with Crippen molar-refractivity contribution in [3.63, 3.8) is 0 Å². The van der Waals surface area contributed by atoms with E-state index in [1.165, 1.54) is 10.4 Å². The van der Waals surface area contributed by atoms with Gasteiger partial charge in [-0.1, -0.05) is 6.07 Å². The van der Waals surface area contributed by atoms with E-state index in [1.54, 1.807) is 19.2 Å². The first-order valence-electron chi connectivity index (χ1n) is 6.98. The molecule has 1 aliphatic rings. The van der Waals surface area contributed by atoms with E-state index >= 15 is 0 Å². The number of rotatable bonds is 4. The monoisotopic (exact) mass is 303 g/mol. The van der Waals surface area contributed by atoms with Crippen LogP contribution in [0.15, 0.2) is 29.6 Å². The van der Waals surface area contributed by atoms with Crippen LogP contribution in [0.2, 0.25) is 0 Å². The van der Waals surface area contributed by atoms with Gasteiger partial charge in [0.05, 0.1) is 7.11 Å². The SMILES string of the molecule is COc1ccc(B(O)O)c(CN2CCc3sccc3C2)c1. The maximum atomic E-state index is 9.52. The van der Waals surface area contributed by atoms with E-state index in [2.05, 4.69) is 16.3 Å². The van der Waals surface area contributed by atoms with E-state index in [9.17, 15) is 10.0 Å². The molecule has 0 unspecified atom stereocenters.